The average molecular weight is 330 g/mol. The molecule has 24 heavy (non-hydrogen) atoms. The van der Waals surface area contributed by atoms with Crippen molar-refractivity contribution in [3.63, 3.8) is 0 Å². The van der Waals surface area contributed by atoms with Crippen LogP contribution in [0.1, 0.15) is 23.2 Å². The van der Waals surface area contributed by atoms with Gasteiger partial charge in [0, 0.05) is 38.9 Å². The molecule has 128 valence electrons. The third-order valence-corrected chi connectivity index (χ3v) is 4.32. The molecule has 1 aromatic carbocycles. The number of carbonyl (C=O) groups excluding carboxylic acids is 2. The van der Waals surface area contributed by atoms with Crippen molar-refractivity contribution in [2.75, 3.05) is 39.9 Å². The minimum Gasteiger partial charge on any atom is -0.384 e. The minimum atomic E-state index is -0.00214. The van der Waals surface area contributed by atoms with E-state index in [1.807, 2.05) is 21.9 Å². The summed E-state index contributed by atoms with van der Waals surface area (Å²) in [4.78, 5) is 35.7. The number of aromatic amines is 1. The van der Waals surface area contributed by atoms with Crippen LogP contribution in [0.4, 0.5) is 0 Å². The van der Waals surface area contributed by atoms with E-state index < -0.39 is 0 Å². The number of methoxy groups -OCH3 is 1. The first-order valence-electron chi connectivity index (χ1n) is 8.18. The predicted octanol–water partition coefficient (Wildman–Crippen LogP) is 1.27. The number of rotatable bonds is 4. The third-order valence-electron chi connectivity index (χ3n) is 4.32. The zero-order valence-electron chi connectivity index (χ0n) is 13.8. The second-order valence-corrected chi connectivity index (χ2v) is 5.90. The van der Waals surface area contributed by atoms with Crippen LogP contribution in [-0.4, -0.2) is 71.5 Å². The van der Waals surface area contributed by atoms with Gasteiger partial charge in [0.25, 0.3) is 5.91 Å². The van der Waals surface area contributed by atoms with Crippen LogP contribution in [0.25, 0.3) is 11.0 Å². The van der Waals surface area contributed by atoms with Crippen molar-refractivity contribution < 1.29 is 14.3 Å². The Morgan fingerprint density at radius 2 is 2.00 bits per heavy atom. The van der Waals surface area contributed by atoms with E-state index >= 15 is 0 Å². The molecule has 0 aliphatic carbocycles. The highest BCUT2D eigenvalue weighted by molar-refractivity contribution is 5.97. The van der Waals surface area contributed by atoms with Gasteiger partial charge in [-0.3, -0.25) is 9.59 Å². The Bertz CT molecular complexity index is 727. The quantitative estimate of drug-likeness (QED) is 0.916. The second-order valence-electron chi connectivity index (χ2n) is 5.90. The van der Waals surface area contributed by atoms with Crippen LogP contribution in [0.3, 0.4) is 0 Å². The molecule has 2 aromatic rings. The van der Waals surface area contributed by atoms with Gasteiger partial charge < -0.3 is 19.5 Å². The zero-order valence-corrected chi connectivity index (χ0v) is 13.8. The topological polar surface area (TPSA) is 78.5 Å². The van der Waals surface area contributed by atoms with Crippen LogP contribution >= 0.6 is 0 Å². The van der Waals surface area contributed by atoms with E-state index in [9.17, 15) is 9.59 Å². The van der Waals surface area contributed by atoms with Gasteiger partial charge in [-0.05, 0) is 24.6 Å². The van der Waals surface area contributed by atoms with Crippen molar-refractivity contribution >= 4 is 22.8 Å². The van der Waals surface area contributed by atoms with E-state index in [0.29, 0.717) is 44.8 Å². The van der Waals surface area contributed by atoms with Gasteiger partial charge in [0.1, 0.15) is 0 Å². The summed E-state index contributed by atoms with van der Waals surface area (Å²) in [5.74, 6) is 0.0859. The fraction of sp³-hybridized carbons (Fsp3) is 0.471. The standard InChI is InChI=1S/C17H22N4O3/c1-24-10-5-16(22)20-6-2-7-21(9-8-20)17(23)13-3-4-14-15(11-13)19-12-18-14/h3-4,11-12H,2,5-10H2,1H3,(H,18,19). The molecule has 1 aliphatic rings. The summed E-state index contributed by atoms with van der Waals surface area (Å²) in [7, 11) is 1.59. The van der Waals surface area contributed by atoms with Crippen molar-refractivity contribution in [1.29, 1.82) is 0 Å². The van der Waals surface area contributed by atoms with E-state index in [4.69, 9.17) is 4.74 Å². The number of benzene rings is 1. The molecule has 3 rings (SSSR count). The van der Waals surface area contributed by atoms with Gasteiger partial charge >= 0.3 is 0 Å². The van der Waals surface area contributed by atoms with Crippen LogP contribution in [0.2, 0.25) is 0 Å². The molecule has 7 heteroatoms. The van der Waals surface area contributed by atoms with Gasteiger partial charge in [0.15, 0.2) is 0 Å². The normalized spacial score (nSPS) is 15.5. The van der Waals surface area contributed by atoms with E-state index in [2.05, 4.69) is 9.97 Å². The number of hydrogen-bond acceptors (Lipinski definition) is 4. The van der Waals surface area contributed by atoms with Crippen LogP contribution in [0.15, 0.2) is 24.5 Å². The van der Waals surface area contributed by atoms with Crippen molar-refractivity contribution in [3.05, 3.63) is 30.1 Å². The fourth-order valence-corrected chi connectivity index (χ4v) is 2.97. The molecule has 2 amide bonds. The maximum Gasteiger partial charge on any atom is 0.253 e. The highest BCUT2D eigenvalue weighted by Crippen LogP contribution is 2.15. The molecular formula is C17H22N4O3. The SMILES string of the molecule is COCCC(=O)N1CCCN(C(=O)c2ccc3nc[nH]c3c2)CC1. The lowest BCUT2D eigenvalue weighted by Gasteiger charge is -2.22. The van der Waals surface area contributed by atoms with Crippen LogP contribution in [0, 0.1) is 0 Å². The molecule has 0 bridgehead atoms. The first-order valence-corrected chi connectivity index (χ1v) is 8.18. The lowest BCUT2D eigenvalue weighted by atomic mass is 10.1. The summed E-state index contributed by atoms with van der Waals surface area (Å²) < 4.78 is 4.96. The largest absolute Gasteiger partial charge is 0.384 e. The molecule has 0 spiro atoms. The Morgan fingerprint density at radius 1 is 1.21 bits per heavy atom. The lowest BCUT2D eigenvalue weighted by molar-refractivity contribution is -0.132. The number of nitrogens with zero attached hydrogens (tertiary/aromatic N) is 3. The molecule has 1 fully saturated rings. The Morgan fingerprint density at radius 3 is 2.83 bits per heavy atom. The maximum absolute atomic E-state index is 12.7. The molecule has 0 unspecified atom stereocenters. The van der Waals surface area contributed by atoms with Gasteiger partial charge in [-0.15, -0.1) is 0 Å². The number of nitrogens with one attached hydrogen (secondary N) is 1. The number of carbonyl (C=O) groups is 2. The number of H-pyrrole nitrogens is 1. The molecular weight excluding hydrogens is 308 g/mol. The Labute approximate surface area is 140 Å². The molecule has 1 N–H and O–H groups in total. The summed E-state index contributed by atoms with van der Waals surface area (Å²) in [6, 6.07) is 5.48. The first kappa shape index (κ1) is 16.4. The Balaban J connectivity index is 1.64. The Hall–Kier alpha value is -2.41. The monoisotopic (exact) mass is 330 g/mol. The van der Waals surface area contributed by atoms with Crippen molar-refractivity contribution in [3.8, 4) is 0 Å². The number of ether oxygens (including phenoxy) is 1. The summed E-state index contributed by atoms with van der Waals surface area (Å²) in [6.45, 7) is 2.90. The van der Waals surface area contributed by atoms with E-state index in [0.717, 1.165) is 17.5 Å². The van der Waals surface area contributed by atoms with Gasteiger partial charge in [0.05, 0.1) is 30.4 Å². The molecule has 1 saturated heterocycles. The highest BCUT2D eigenvalue weighted by atomic mass is 16.5. The van der Waals surface area contributed by atoms with Crippen molar-refractivity contribution in [2.24, 2.45) is 0 Å². The van der Waals surface area contributed by atoms with Gasteiger partial charge in [-0.25, -0.2) is 4.98 Å². The first-order chi connectivity index (χ1) is 11.7. The van der Waals surface area contributed by atoms with Crippen LogP contribution in [-0.2, 0) is 9.53 Å². The van der Waals surface area contributed by atoms with E-state index in [-0.39, 0.29) is 11.8 Å². The number of amides is 2. The smallest absolute Gasteiger partial charge is 0.253 e. The minimum absolute atomic E-state index is 0.00214. The molecule has 7 nitrogen and oxygen atoms in total. The molecule has 1 aliphatic heterocycles. The molecule has 0 atom stereocenters. The van der Waals surface area contributed by atoms with Gasteiger partial charge in [-0.1, -0.05) is 0 Å². The number of imidazole rings is 1. The highest BCUT2D eigenvalue weighted by Gasteiger charge is 2.22. The average Bonchev–Trinajstić information content (AvgIpc) is 2.93. The van der Waals surface area contributed by atoms with E-state index in [1.165, 1.54) is 0 Å². The second kappa shape index (κ2) is 7.44. The Kier molecular flexibility index (Phi) is 5.10. The number of hydrogen-bond donors (Lipinski definition) is 1. The third kappa shape index (κ3) is 3.56. The van der Waals surface area contributed by atoms with Crippen LogP contribution < -0.4 is 0 Å². The number of fused-ring (bicyclic) bond motifs is 1. The molecule has 0 saturated carbocycles. The van der Waals surface area contributed by atoms with Crippen molar-refractivity contribution in [1.82, 2.24) is 19.8 Å². The predicted molar refractivity (Wildman–Crippen MR) is 89.7 cm³/mol. The van der Waals surface area contributed by atoms with E-state index in [1.54, 1.807) is 19.5 Å². The van der Waals surface area contributed by atoms with Gasteiger partial charge in [-0.2, -0.15) is 0 Å². The zero-order chi connectivity index (χ0) is 16.9. The molecule has 2 heterocycles. The lowest BCUT2D eigenvalue weighted by Crippen LogP contribution is -2.37. The molecule has 0 radical (unpaired) electrons. The molecule has 1 aromatic heterocycles. The van der Waals surface area contributed by atoms with Gasteiger partial charge in [0.2, 0.25) is 5.91 Å². The summed E-state index contributed by atoms with van der Waals surface area (Å²) >= 11 is 0. The maximum atomic E-state index is 12.7. The number of aromatic nitrogens is 2. The van der Waals surface area contributed by atoms with Crippen molar-refractivity contribution in [2.45, 2.75) is 12.8 Å². The summed E-state index contributed by atoms with van der Waals surface area (Å²) in [5, 5.41) is 0. The fourth-order valence-electron chi connectivity index (χ4n) is 2.97. The summed E-state index contributed by atoms with van der Waals surface area (Å²) in [6.07, 6.45) is 2.80. The van der Waals surface area contributed by atoms with Crippen LogP contribution in [0.5, 0.6) is 0 Å². The summed E-state index contributed by atoms with van der Waals surface area (Å²) in [5.41, 5.74) is 2.34.